The summed E-state index contributed by atoms with van der Waals surface area (Å²) in [6.07, 6.45) is 0. The van der Waals surface area contributed by atoms with Crippen molar-refractivity contribution in [1.82, 2.24) is 10.1 Å². The first kappa shape index (κ1) is 19.2. The largest absolute Gasteiger partial charge is 0.617 e. The van der Waals surface area contributed by atoms with Crippen molar-refractivity contribution in [3.05, 3.63) is 53.9 Å². The number of phenolic OH excluding ortho intramolecular Hbond substituents is 1. The minimum Gasteiger partial charge on any atom is -0.617 e. The molecule has 0 unspecified atom stereocenters. The topological polar surface area (TPSA) is 129 Å². The van der Waals surface area contributed by atoms with Gasteiger partial charge in [0.1, 0.15) is 16.3 Å². The van der Waals surface area contributed by atoms with Crippen LogP contribution in [0.25, 0.3) is 22.8 Å². The number of phenols is 1. The van der Waals surface area contributed by atoms with Crippen molar-refractivity contribution in [2.45, 2.75) is 13.8 Å². The zero-order valence-electron chi connectivity index (χ0n) is 13.7. The number of hydrogen-bond donors (Lipinski definition) is 1. The fourth-order valence-corrected chi connectivity index (χ4v) is 3.13. The molecule has 0 aliphatic carbocycles. The van der Waals surface area contributed by atoms with E-state index >= 15 is 0 Å². The molecule has 0 amide bonds. The lowest BCUT2D eigenvalue weighted by Gasteiger charge is -2.10. The molecule has 3 aromatic rings. The van der Waals surface area contributed by atoms with Crippen LogP contribution >= 0.6 is 34.8 Å². The molecule has 0 spiro atoms. The Morgan fingerprint density at radius 2 is 1.89 bits per heavy atom. The monoisotopic (exact) mass is 430 g/mol. The van der Waals surface area contributed by atoms with Crippen molar-refractivity contribution >= 4 is 40.5 Å². The number of nitrogens with zero attached hydrogens (tertiary/aromatic N) is 4. The van der Waals surface area contributed by atoms with Crippen LogP contribution in [-0.2, 0) is 0 Å². The number of rotatable bonds is 3. The van der Waals surface area contributed by atoms with Crippen molar-refractivity contribution in [2.75, 3.05) is 0 Å². The van der Waals surface area contributed by atoms with Crippen LogP contribution in [0, 0.1) is 29.2 Å². The normalized spacial score (nSPS) is 11.0. The fraction of sp³-hybridized carbons (Fsp3) is 0.133. The van der Waals surface area contributed by atoms with Crippen LogP contribution in [0.4, 0.5) is 5.69 Å². The van der Waals surface area contributed by atoms with Gasteiger partial charge in [0.2, 0.25) is 11.5 Å². The van der Waals surface area contributed by atoms with E-state index in [1.165, 1.54) is 6.92 Å². The molecular weight excluding hydrogens is 423 g/mol. The molecule has 0 atom stereocenters. The molecule has 0 saturated carbocycles. The van der Waals surface area contributed by atoms with E-state index in [4.69, 9.17) is 39.3 Å². The van der Waals surface area contributed by atoms with Crippen molar-refractivity contribution in [3.8, 4) is 28.6 Å². The number of aromatic hydroxyl groups is 1. The highest BCUT2D eigenvalue weighted by atomic mass is 35.5. The van der Waals surface area contributed by atoms with E-state index in [0.717, 1.165) is 12.1 Å². The summed E-state index contributed by atoms with van der Waals surface area (Å²) in [7, 11) is 0. The van der Waals surface area contributed by atoms with Crippen LogP contribution in [0.3, 0.4) is 0 Å². The minimum atomic E-state index is -0.760. The summed E-state index contributed by atoms with van der Waals surface area (Å²) in [5.74, 6) is -0.716. The zero-order chi connectivity index (χ0) is 20.0. The SMILES string of the molecule is Cc1c(Cl)c(C)[n+]([O-])c(Cl)c1-c1noc(-c2cc(O)c(Cl)c([N+](=O)[O-])c2)n1. The van der Waals surface area contributed by atoms with Crippen molar-refractivity contribution in [3.63, 3.8) is 0 Å². The van der Waals surface area contributed by atoms with Gasteiger partial charge in [-0.25, -0.2) is 0 Å². The Balaban J connectivity index is 2.17. The van der Waals surface area contributed by atoms with Crippen LogP contribution < -0.4 is 4.73 Å². The Labute approximate surface area is 166 Å². The Kier molecular flexibility index (Phi) is 4.85. The first-order valence-electron chi connectivity index (χ1n) is 7.22. The van der Waals surface area contributed by atoms with E-state index in [0.29, 0.717) is 10.3 Å². The molecule has 2 aromatic heterocycles. The third-order valence-electron chi connectivity index (χ3n) is 3.84. The molecule has 27 heavy (non-hydrogen) atoms. The maximum Gasteiger partial charge on any atom is 0.298 e. The lowest BCUT2D eigenvalue weighted by Crippen LogP contribution is -2.33. The van der Waals surface area contributed by atoms with Gasteiger partial charge in [-0.1, -0.05) is 28.4 Å². The number of nitro groups is 1. The predicted molar refractivity (Wildman–Crippen MR) is 97.0 cm³/mol. The van der Waals surface area contributed by atoms with Gasteiger partial charge >= 0.3 is 0 Å². The first-order valence-corrected chi connectivity index (χ1v) is 8.36. The van der Waals surface area contributed by atoms with Crippen LogP contribution in [-0.4, -0.2) is 20.2 Å². The standard InChI is InChI=1S/C15H9Cl3N4O5/c1-5-10(13(18)21(24)6(2)11(5)16)14-19-15(27-20-14)7-3-8(22(25)26)12(17)9(23)4-7/h3-4,23H,1-2H3. The average molecular weight is 432 g/mol. The van der Waals surface area contributed by atoms with Gasteiger partial charge in [-0.15, -0.1) is 0 Å². The molecule has 1 N–H and O–H groups in total. The molecule has 140 valence electrons. The van der Waals surface area contributed by atoms with E-state index in [2.05, 4.69) is 10.1 Å². The summed E-state index contributed by atoms with van der Waals surface area (Å²) in [6.45, 7) is 3.14. The van der Waals surface area contributed by atoms with Gasteiger partial charge in [0.25, 0.3) is 16.7 Å². The molecule has 0 aliphatic heterocycles. The molecule has 1 aromatic carbocycles. The van der Waals surface area contributed by atoms with Crippen LogP contribution in [0.1, 0.15) is 11.3 Å². The third kappa shape index (κ3) is 3.14. The number of benzene rings is 1. The molecule has 0 fully saturated rings. The van der Waals surface area contributed by atoms with Gasteiger partial charge in [-0.2, -0.15) is 9.71 Å². The van der Waals surface area contributed by atoms with Crippen molar-refractivity contribution in [1.29, 1.82) is 0 Å². The highest BCUT2D eigenvalue weighted by Gasteiger charge is 2.27. The van der Waals surface area contributed by atoms with Gasteiger partial charge in [0.05, 0.1) is 10.5 Å². The van der Waals surface area contributed by atoms with Gasteiger partial charge in [-0.3, -0.25) is 10.1 Å². The van der Waals surface area contributed by atoms with Gasteiger partial charge < -0.3 is 14.8 Å². The molecule has 3 rings (SSSR count). The Bertz CT molecular complexity index is 1070. The van der Waals surface area contributed by atoms with E-state index in [-0.39, 0.29) is 38.7 Å². The van der Waals surface area contributed by atoms with Crippen molar-refractivity contribution in [2.24, 2.45) is 0 Å². The highest BCUT2D eigenvalue weighted by Crippen LogP contribution is 2.38. The van der Waals surface area contributed by atoms with E-state index in [9.17, 15) is 20.4 Å². The summed E-state index contributed by atoms with van der Waals surface area (Å²) in [5.41, 5.74) is 0.360. The lowest BCUT2D eigenvalue weighted by atomic mass is 10.1. The lowest BCUT2D eigenvalue weighted by molar-refractivity contribution is -0.609. The van der Waals surface area contributed by atoms with Crippen LogP contribution in [0.5, 0.6) is 5.75 Å². The van der Waals surface area contributed by atoms with Crippen molar-refractivity contribution < 1.29 is 19.3 Å². The molecule has 0 bridgehead atoms. The quantitative estimate of drug-likeness (QED) is 0.216. The second kappa shape index (κ2) is 6.84. The average Bonchev–Trinajstić information content (AvgIpc) is 3.10. The van der Waals surface area contributed by atoms with Gasteiger partial charge in [0, 0.05) is 13.0 Å². The number of pyridine rings is 1. The first-order chi connectivity index (χ1) is 12.6. The Hall–Kier alpha value is -2.62. The summed E-state index contributed by atoms with van der Waals surface area (Å²) >= 11 is 18.0. The summed E-state index contributed by atoms with van der Waals surface area (Å²) < 4.78 is 5.54. The number of nitro benzene ring substituents is 1. The third-order valence-corrected chi connectivity index (χ3v) is 5.13. The molecule has 0 radical (unpaired) electrons. The maximum absolute atomic E-state index is 12.1. The summed E-state index contributed by atoms with van der Waals surface area (Å²) in [5, 5.41) is 36.3. The van der Waals surface area contributed by atoms with E-state index < -0.39 is 21.4 Å². The number of halogens is 3. The zero-order valence-corrected chi connectivity index (χ0v) is 15.9. The van der Waals surface area contributed by atoms with E-state index in [1.807, 2.05) is 0 Å². The second-order valence-corrected chi connectivity index (χ2v) is 6.61. The van der Waals surface area contributed by atoms with Crippen LogP contribution in [0.15, 0.2) is 16.7 Å². The summed E-state index contributed by atoms with van der Waals surface area (Å²) in [6, 6.07) is 2.21. The second-order valence-electron chi connectivity index (χ2n) is 5.49. The van der Waals surface area contributed by atoms with Gasteiger partial charge in [0.15, 0.2) is 5.02 Å². The molecule has 0 saturated heterocycles. The fourth-order valence-electron chi connectivity index (χ4n) is 2.43. The highest BCUT2D eigenvalue weighted by molar-refractivity contribution is 6.35. The maximum atomic E-state index is 12.1. The molecule has 2 heterocycles. The van der Waals surface area contributed by atoms with Crippen LogP contribution in [0.2, 0.25) is 15.2 Å². The molecule has 9 nitrogen and oxygen atoms in total. The minimum absolute atomic E-state index is 0.0453. The van der Waals surface area contributed by atoms with Gasteiger partial charge in [-0.05, 0) is 30.2 Å². The molecular formula is C15H9Cl3N4O5. The Morgan fingerprint density at radius 3 is 2.52 bits per heavy atom. The molecule has 12 heteroatoms. The Morgan fingerprint density at radius 1 is 1.22 bits per heavy atom. The van der Waals surface area contributed by atoms with E-state index in [1.54, 1.807) is 6.92 Å². The smallest absolute Gasteiger partial charge is 0.298 e. The summed E-state index contributed by atoms with van der Waals surface area (Å²) in [4.78, 5) is 14.4. The molecule has 0 aliphatic rings. The number of aromatic nitrogens is 3. The predicted octanol–water partition coefficient (Wildman–Crippen LogP) is 4.23. The number of hydrogen-bond acceptors (Lipinski definition) is 7.